The number of pyridine rings is 1. The third kappa shape index (κ3) is 3.69. The van der Waals surface area contributed by atoms with Crippen LogP contribution in [0.4, 0.5) is 0 Å². The van der Waals surface area contributed by atoms with Crippen molar-refractivity contribution in [3.8, 4) is 22.8 Å². The number of rotatable bonds is 5. The molecule has 2 heterocycles. The maximum absolute atomic E-state index is 13.6. The van der Waals surface area contributed by atoms with E-state index in [1.807, 2.05) is 44.2 Å². The Morgan fingerprint density at radius 1 is 1.06 bits per heavy atom. The summed E-state index contributed by atoms with van der Waals surface area (Å²) in [5, 5.41) is 11.1. The predicted molar refractivity (Wildman–Crippen MR) is 126 cm³/mol. The van der Waals surface area contributed by atoms with Gasteiger partial charge >= 0.3 is 5.63 Å². The fourth-order valence-electron chi connectivity index (χ4n) is 3.80. The Morgan fingerprint density at radius 3 is 2.44 bits per heavy atom. The summed E-state index contributed by atoms with van der Waals surface area (Å²) in [4.78, 5) is 27.1. The predicted octanol–water partition coefficient (Wildman–Crippen LogP) is 5.38. The average molecular weight is 450 g/mol. The highest BCUT2D eigenvalue weighted by Crippen LogP contribution is 2.39. The largest absolute Gasteiger partial charge is 0.505 e. The molecule has 0 aliphatic rings. The van der Waals surface area contributed by atoms with Gasteiger partial charge in [-0.15, -0.1) is 0 Å². The first-order valence-electron chi connectivity index (χ1n) is 10.2. The van der Waals surface area contributed by atoms with Crippen molar-refractivity contribution in [3.63, 3.8) is 0 Å². The molecule has 0 saturated heterocycles. The number of aromatic hydroxyl groups is 1. The summed E-state index contributed by atoms with van der Waals surface area (Å²) < 4.78 is 12.5. The highest BCUT2D eigenvalue weighted by molar-refractivity contribution is 7.99. The monoisotopic (exact) mass is 449 g/mol. The molecule has 1 N–H and O–H groups in total. The molecule has 4 aromatic rings. The molecule has 0 aliphatic carbocycles. The summed E-state index contributed by atoms with van der Waals surface area (Å²) in [5.41, 5.74) is 1.09. The zero-order chi connectivity index (χ0) is 23.0. The lowest BCUT2D eigenvalue weighted by Gasteiger charge is -2.21. The van der Waals surface area contributed by atoms with Gasteiger partial charge in [0.15, 0.2) is 11.3 Å². The van der Waals surface area contributed by atoms with Gasteiger partial charge in [-0.1, -0.05) is 48.2 Å². The van der Waals surface area contributed by atoms with E-state index >= 15 is 0 Å². The zero-order valence-corrected chi connectivity index (χ0v) is 19.0. The van der Waals surface area contributed by atoms with Crippen LogP contribution in [0.3, 0.4) is 0 Å². The molecule has 0 atom stereocenters. The zero-order valence-electron chi connectivity index (χ0n) is 18.2. The lowest BCUT2D eigenvalue weighted by Crippen LogP contribution is -2.26. The number of nitrogens with zero attached hydrogens (tertiary/aromatic N) is 1. The van der Waals surface area contributed by atoms with E-state index in [0.717, 1.165) is 17.3 Å². The van der Waals surface area contributed by atoms with Crippen molar-refractivity contribution in [1.82, 2.24) is 4.57 Å². The van der Waals surface area contributed by atoms with Crippen LogP contribution in [-0.2, 0) is 0 Å². The van der Waals surface area contributed by atoms with Crippen LogP contribution < -0.4 is 15.9 Å². The molecule has 0 aliphatic heterocycles. The first-order valence-corrected chi connectivity index (χ1v) is 11.0. The molecule has 0 unspecified atom stereocenters. The number of hydrogen-bond acceptors (Lipinski definition) is 6. The molecule has 2 aromatic heterocycles. The molecule has 0 spiro atoms. The Labute approximate surface area is 189 Å². The van der Waals surface area contributed by atoms with Crippen molar-refractivity contribution >= 4 is 22.7 Å². The molecule has 6 nitrogen and oxygen atoms in total. The highest BCUT2D eigenvalue weighted by atomic mass is 32.2. The Morgan fingerprint density at radius 2 is 1.78 bits per heavy atom. The standard InChI is InChI=1S/C25H23NO5S/c1-14(2)26-20(16-9-6-5-7-10-16)15(3)22-19(24(26)28)21(27)23(25(29)31-22)32-18-12-8-11-17(13-18)30-4/h5-14,27H,1-4H3. The van der Waals surface area contributed by atoms with Gasteiger partial charge in [-0.25, -0.2) is 4.79 Å². The normalized spacial score (nSPS) is 11.3. The Hall–Kier alpha value is -3.45. The van der Waals surface area contributed by atoms with Crippen molar-refractivity contribution in [1.29, 1.82) is 0 Å². The molecule has 32 heavy (non-hydrogen) atoms. The van der Waals surface area contributed by atoms with E-state index < -0.39 is 11.2 Å². The van der Waals surface area contributed by atoms with E-state index in [2.05, 4.69) is 0 Å². The minimum absolute atomic E-state index is 0.000812. The van der Waals surface area contributed by atoms with Crippen molar-refractivity contribution < 1.29 is 14.3 Å². The average Bonchev–Trinajstić information content (AvgIpc) is 2.78. The highest BCUT2D eigenvalue weighted by Gasteiger charge is 2.25. The van der Waals surface area contributed by atoms with Crippen molar-refractivity contribution in [2.24, 2.45) is 0 Å². The summed E-state index contributed by atoms with van der Waals surface area (Å²) in [6, 6.07) is 16.4. The summed E-state index contributed by atoms with van der Waals surface area (Å²) in [6.45, 7) is 5.60. The molecule has 0 amide bonds. The van der Waals surface area contributed by atoms with Crippen LogP contribution in [0.25, 0.3) is 22.2 Å². The smallest absolute Gasteiger partial charge is 0.354 e. The van der Waals surface area contributed by atoms with Gasteiger partial charge in [-0.2, -0.15) is 0 Å². The summed E-state index contributed by atoms with van der Waals surface area (Å²) >= 11 is 1.03. The van der Waals surface area contributed by atoms with Crippen LogP contribution in [0.1, 0.15) is 25.5 Å². The number of fused-ring (bicyclic) bond motifs is 1. The van der Waals surface area contributed by atoms with Crippen LogP contribution in [0.15, 0.2) is 78.4 Å². The number of aryl methyl sites for hydroxylation is 1. The minimum atomic E-state index is -0.702. The van der Waals surface area contributed by atoms with E-state index in [0.29, 0.717) is 21.9 Å². The quantitative estimate of drug-likeness (QED) is 0.441. The second-order valence-electron chi connectivity index (χ2n) is 7.66. The fourth-order valence-corrected chi connectivity index (χ4v) is 4.68. The second kappa shape index (κ2) is 8.59. The van der Waals surface area contributed by atoms with E-state index in [1.54, 1.807) is 42.9 Å². The molecule has 4 rings (SSSR count). The molecular formula is C25H23NO5S. The minimum Gasteiger partial charge on any atom is -0.505 e. The topological polar surface area (TPSA) is 81.7 Å². The number of aromatic nitrogens is 1. The number of benzene rings is 2. The fraction of sp³-hybridized carbons (Fsp3) is 0.200. The third-order valence-corrected chi connectivity index (χ3v) is 6.31. The Kier molecular flexibility index (Phi) is 5.84. The van der Waals surface area contributed by atoms with Crippen molar-refractivity contribution in [3.05, 3.63) is 80.9 Å². The maximum Gasteiger partial charge on any atom is 0.354 e. The maximum atomic E-state index is 13.6. The molecule has 7 heteroatoms. The first-order chi connectivity index (χ1) is 15.3. The summed E-state index contributed by atoms with van der Waals surface area (Å²) in [7, 11) is 1.55. The van der Waals surface area contributed by atoms with Gasteiger partial charge in [0, 0.05) is 16.5 Å². The van der Waals surface area contributed by atoms with Crippen LogP contribution >= 0.6 is 11.8 Å². The lowest BCUT2D eigenvalue weighted by molar-refractivity contribution is 0.413. The molecule has 2 aromatic carbocycles. The second-order valence-corrected chi connectivity index (χ2v) is 8.74. The molecule has 164 valence electrons. The van der Waals surface area contributed by atoms with E-state index in [4.69, 9.17) is 9.15 Å². The van der Waals surface area contributed by atoms with Crippen LogP contribution in [0, 0.1) is 6.92 Å². The van der Waals surface area contributed by atoms with Crippen LogP contribution in [0.2, 0.25) is 0 Å². The van der Waals surface area contributed by atoms with Gasteiger partial charge in [0.25, 0.3) is 5.56 Å². The van der Waals surface area contributed by atoms with Crippen molar-refractivity contribution in [2.45, 2.75) is 36.6 Å². The summed E-state index contributed by atoms with van der Waals surface area (Å²) in [5.74, 6) is 0.247. The molecule has 0 bridgehead atoms. The van der Waals surface area contributed by atoms with Gasteiger partial charge in [0.05, 0.1) is 12.8 Å². The number of ether oxygens (including phenoxy) is 1. The van der Waals surface area contributed by atoms with Crippen LogP contribution in [0.5, 0.6) is 11.5 Å². The Bertz CT molecular complexity index is 1420. The van der Waals surface area contributed by atoms with Crippen LogP contribution in [-0.4, -0.2) is 16.8 Å². The third-order valence-electron chi connectivity index (χ3n) is 5.25. The summed E-state index contributed by atoms with van der Waals surface area (Å²) in [6.07, 6.45) is 0. The SMILES string of the molecule is COc1cccc(Sc2c(O)c3c(=O)n(C(C)C)c(-c4ccccc4)c(C)c3oc2=O)c1. The van der Waals surface area contributed by atoms with Gasteiger partial charge in [0.2, 0.25) is 0 Å². The number of methoxy groups -OCH3 is 1. The number of hydrogen-bond donors (Lipinski definition) is 1. The van der Waals surface area contributed by atoms with Crippen molar-refractivity contribution in [2.75, 3.05) is 7.11 Å². The molecule has 0 radical (unpaired) electrons. The Balaban J connectivity index is 2.02. The van der Waals surface area contributed by atoms with Gasteiger partial charge in [0.1, 0.15) is 16.0 Å². The van der Waals surface area contributed by atoms with Gasteiger partial charge in [-0.3, -0.25) is 4.79 Å². The first kappa shape index (κ1) is 21.8. The van der Waals surface area contributed by atoms with Gasteiger partial charge < -0.3 is 18.8 Å². The van der Waals surface area contributed by atoms with E-state index in [-0.39, 0.29) is 27.7 Å². The molecule has 0 saturated carbocycles. The van der Waals surface area contributed by atoms with E-state index in [9.17, 15) is 14.7 Å². The molecule has 0 fully saturated rings. The lowest BCUT2D eigenvalue weighted by atomic mass is 10.0. The van der Waals surface area contributed by atoms with Gasteiger partial charge in [-0.05, 0) is 44.5 Å². The molecular weight excluding hydrogens is 426 g/mol. The van der Waals surface area contributed by atoms with E-state index in [1.165, 1.54) is 0 Å².